The first kappa shape index (κ1) is 47.4. The van der Waals surface area contributed by atoms with Gasteiger partial charge in [-0.25, -0.2) is 0 Å². The zero-order chi connectivity index (χ0) is 51.7. The fraction of sp³-hybridized carbons (Fsp3) is 0.0649. The lowest BCUT2D eigenvalue weighted by molar-refractivity contribution is 0.491. The van der Waals surface area contributed by atoms with Crippen LogP contribution in [0.4, 0.5) is 0 Å². The van der Waals surface area contributed by atoms with Crippen molar-refractivity contribution < 1.29 is 0 Å². The number of rotatable bonds is 12. The SMILES string of the molecule is CCC1(CC)c2cc(-c3ccc(-c4ccc(-c5ccccc5)cc4)cc3)c(-c3ccc(-c4ccccc4)cc3)cc2-c2cc(-c3ccc(-c4ccccc4)cc3)c(-c3ccc(-c4ccc(-c5ccccc5)cc4)cc3)cc21. The molecule has 1 aliphatic rings. The minimum atomic E-state index is -0.194. The third-order valence-electron chi connectivity index (χ3n) is 16.5. The molecule has 0 radical (unpaired) electrons. The Bertz CT molecular complexity index is 3720. The van der Waals surface area contributed by atoms with Crippen LogP contribution in [0.25, 0.3) is 122 Å². The molecule has 0 saturated heterocycles. The van der Waals surface area contributed by atoms with E-state index < -0.39 is 0 Å². The lowest BCUT2D eigenvalue weighted by Crippen LogP contribution is -2.23. The minimum Gasteiger partial charge on any atom is -0.0642 e. The predicted molar refractivity (Wildman–Crippen MR) is 328 cm³/mol. The highest BCUT2D eigenvalue weighted by Crippen LogP contribution is 2.57. The van der Waals surface area contributed by atoms with Crippen LogP contribution >= 0.6 is 0 Å². The molecule has 0 saturated carbocycles. The highest BCUT2D eigenvalue weighted by molar-refractivity contribution is 5.97. The first-order valence-corrected chi connectivity index (χ1v) is 27.3. The summed E-state index contributed by atoms with van der Waals surface area (Å²) < 4.78 is 0. The van der Waals surface area contributed by atoms with Crippen LogP contribution in [0.15, 0.2) is 291 Å². The van der Waals surface area contributed by atoms with Crippen molar-refractivity contribution in [3.8, 4) is 122 Å². The summed E-state index contributed by atoms with van der Waals surface area (Å²) in [4.78, 5) is 0. The second kappa shape index (κ2) is 20.4. The van der Waals surface area contributed by atoms with Crippen LogP contribution in [0.5, 0.6) is 0 Å². The van der Waals surface area contributed by atoms with Crippen molar-refractivity contribution in [1.82, 2.24) is 0 Å². The van der Waals surface area contributed by atoms with Crippen LogP contribution < -0.4 is 0 Å². The standard InChI is InChI=1S/C77H58/c1-3-77(4-2)75-51-71(67-45-37-63(38-46-67)61-29-25-57(26-30-61)53-17-9-5-10-18-53)69(65-41-33-59(34-42-65)55-21-13-7-14-22-55)49-73(75)74-50-70(66-43-35-60(36-44-66)56-23-15-8-16-24-56)72(52-76(74)77)68-47-39-64(40-48-68)62-31-27-58(28-32-62)54-19-11-6-12-20-54/h5-52H,3-4H2,1-2H3. The van der Waals surface area contributed by atoms with E-state index in [0.29, 0.717) is 0 Å². The Balaban J connectivity index is 0.949. The summed E-state index contributed by atoms with van der Waals surface area (Å²) >= 11 is 0. The van der Waals surface area contributed by atoms with Crippen molar-refractivity contribution in [2.75, 3.05) is 0 Å². The van der Waals surface area contributed by atoms with Crippen LogP contribution in [0.1, 0.15) is 37.8 Å². The van der Waals surface area contributed by atoms with E-state index in [1.54, 1.807) is 0 Å². The highest BCUT2D eigenvalue weighted by atomic mass is 14.4. The second-order valence-corrected chi connectivity index (χ2v) is 20.6. The van der Waals surface area contributed by atoms with Gasteiger partial charge in [-0.2, -0.15) is 0 Å². The Morgan fingerprint density at radius 1 is 0.182 bits per heavy atom. The van der Waals surface area contributed by atoms with Gasteiger partial charge in [0, 0.05) is 5.41 Å². The minimum absolute atomic E-state index is 0.194. The van der Waals surface area contributed by atoms with Crippen molar-refractivity contribution in [2.45, 2.75) is 32.1 Å². The molecule has 0 amide bonds. The third kappa shape index (κ3) is 8.92. The van der Waals surface area contributed by atoms with E-state index in [1.165, 1.54) is 134 Å². The van der Waals surface area contributed by atoms with Crippen molar-refractivity contribution in [3.63, 3.8) is 0 Å². The van der Waals surface area contributed by atoms with Gasteiger partial charge in [0.2, 0.25) is 0 Å². The van der Waals surface area contributed by atoms with Crippen molar-refractivity contribution >= 4 is 0 Å². The molecule has 77 heavy (non-hydrogen) atoms. The molecular formula is C77H58. The summed E-state index contributed by atoms with van der Waals surface area (Å²) in [5.74, 6) is 0. The molecule has 12 aromatic carbocycles. The molecule has 0 N–H and O–H groups in total. The molecule has 0 nitrogen and oxygen atoms in total. The first-order chi connectivity index (χ1) is 38.0. The Morgan fingerprint density at radius 2 is 0.351 bits per heavy atom. The summed E-state index contributed by atoms with van der Waals surface area (Å²) in [6, 6.07) is 108. The van der Waals surface area contributed by atoms with E-state index in [9.17, 15) is 0 Å². The largest absolute Gasteiger partial charge is 0.0642 e. The van der Waals surface area contributed by atoms with E-state index in [2.05, 4.69) is 305 Å². The molecule has 0 bridgehead atoms. The Kier molecular flexibility index (Phi) is 12.5. The fourth-order valence-electron chi connectivity index (χ4n) is 12.2. The number of hydrogen-bond donors (Lipinski definition) is 0. The monoisotopic (exact) mass is 982 g/mol. The molecule has 1 aliphatic carbocycles. The van der Waals surface area contributed by atoms with Gasteiger partial charge in [0.25, 0.3) is 0 Å². The third-order valence-corrected chi connectivity index (χ3v) is 16.5. The number of fused-ring (bicyclic) bond motifs is 3. The predicted octanol–water partition coefficient (Wildman–Crippen LogP) is 21.4. The summed E-state index contributed by atoms with van der Waals surface area (Å²) in [6.07, 6.45) is 1.96. The van der Waals surface area contributed by atoms with Gasteiger partial charge in [-0.15, -0.1) is 0 Å². The van der Waals surface area contributed by atoms with Crippen LogP contribution in [0, 0.1) is 0 Å². The molecule has 0 aliphatic heterocycles. The van der Waals surface area contributed by atoms with Crippen molar-refractivity contribution in [1.29, 1.82) is 0 Å². The quantitative estimate of drug-likeness (QED) is 0.114. The van der Waals surface area contributed by atoms with E-state index in [-0.39, 0.29) is 5.41 Å². The van der Waals surface area contributed by atoms with Crippen LogP contribution in [-0.2, 0) is 5.41 Å². The van der Waals surface area contributed by atoms with Gasteiger partial charge in [0.15, 0.2) is 0 Å². The molecule has 0 aromatic heterocycles. The Labute approximate surface area is 454 Å². The molecule has 0 atom stereocenters. The normalized spacial score (nSPS) is 12.2. The van der Waals surface area contributed by atoms with E-state index >= 15 is 0 Å². The lowest BCUT2D eigenvalue weighted by Gasteiger charge is -2.31. The maximum Gasteiger partial charge on any atom is 0.0210 e. The fourth-order valence-corrected chi connectivity index (χ4v) is 12.2. The van der Waals surface area contributed by atoms with Crippen molar-refractivity contribution in [3.05, 3.63) is 302 Å². The van der Waals surface area contributed by atoms with E-state index in [4.69, 9.17) is 0 Å². The van der Waals surface area contributed by atoms with E-state index in [1.807, 2.05) is 0 Å². The smallest absolute Gasteiger partial charge is 0.0210 e. The van der Waals surface area contributed by atoms with Gasteiger partial charge in [-0.3, -0.25) is 0 Å². The van der Waals surface area contributed by atoms with Gasteiger partial charge in [0.1, 0.15) is 0 Å². The summed E-state index contributed by atoms with van der Waals surface area (Å²) in [5, 5.41) is 0. The van der Waals surface area contributed by atoms with Crippen LogP contribution in [0.2, 0.25) is 0 Å². The molecule has 13 rings (SSSR count). The zero-order valence-corrected chi connectivity index (χ0v) is 43.6. The summed E-state index contributed by atoms with van der Waals surface area (Å²) in [6.45, 7) is 4.79. The molecule has 0 heterocycles. The molecule has 12 aromatic rings. The van der Waals surface area contributed by atoms with Gasteiger partial charge in [-0.05, 0) is 171 Å². The summed E-state index contributed by atoms with van der Waals surface area (Å²) in [7, 11) is 0. The zero-order valence-electron chi connectivity index (χ0n) is 43.6. The van der Waals surface area contributed by atoms with Crippen LogP contribution in [0.3, 0.4) is 0 Å². The van der Waals surface area contributed by atoms with Gasteiger partial charge >= 0.3 is 0 Å². The van der Waals surface area contributed by atoms with Gasteiger partial charge in [0.05, 0.1) is 0 Å². The van der Waals surface area contributed by atoms with Gasteiger partial charge in [-0.1, -0.05) is 281 Å². The number of hydrogen-bond acceptors (Lipinski definition) is 0. The Hall–Kier alpha value is -9.36. The second-order valence-electron chi connectivity index (χ2n) is 20.6. The van der Waals surface area contributed by atoms with E-state index in [0.717, 1.165) is 12.8 Å². The maximum absolute atomic E-state index is 2.57. The highest BCUT2D eigenvalue weighted by Gasteiger charge is 2.42. The maximum atomic E-state index is 2.57. The molecule has 0 unspecified atom stereocenters. The number of benzene rings is 12. The molecule has 0 heteroatoms. The molecule has 366 valence electrons. The van der Waals surface area contributed by atoms with Crippen molar-refractivity contribution in [2.24, 2.45) is 0 Å². The average Bonchev–Trinajstić information content (AvgIpc) is 3.88. The first-order valence-electron chi connectivity index (χ1n) is 27.3. The topological polar surface area (TPSA) is 0 Å². The van der Waals surface area contributed by atoms with Crippen LogP contribution in [-0.4, -0.2) is 0 Å². The Morgan fingerprint density at radius 3 is 0.545 bits per heavy atom. The van der Waals surface area contributed by atoms with Gasteiger partial charge < -0.3 is 0 Å². The molecule has 0 spiro atoms. The average molecular weight is 983 g/mol. The lowest BCUT2D eigenvalue weighted by atomic mass is 9.72. The molecular weight excluding hydrogens is 925 g/mol. The summed E-state index contributed by atoms with van der Waals surface area (Å²) in [5.41, 5.74) is 29.7. The molecule has 0 fully saturated rings.